The van der Waals surface area contributed by atoms with Gasteiger partial charge in [-0.15, -0.1) is 0 Å². The van der Waals surface area contributed by atoms with Crippen LogP contribution in [0.1, 0.15) is 39.4 Å². The highest BCUT2D eigenvalue weighted by molar-refractivity contribution is 7.84. The molecule has 2 aromatic rings. The molecule has 0 bridgehead atoms. The van der Waals surface area contributed by atoms with E-state index >= 15 is 0 Å². The van der Waals surface area contributed by atoms with Crippen molar-refractivity contribution in [3.8, 4) is 0 Å². The number of hydrogen-bond donors (Lipinski definition) is 1. The van der Waals surface area contributed by atoms with Gasteiger partial charge >= 0.3 is 0 Å². The molecule has 1 heterocycles. The Bertz CT molecular complexity index is 658. The second kappa shape index (κ2) is 5.30. The van der Waals surface area contributed by atoms with Crippen LogP contribution in [0.3, 0.4) is 0 Å². The highest BCUT2D eigenvalue weighted by atomic mass is 32.2. The fourth-order valence-electron chi connectivity index (χ4n) is 2.15. The van der Waals surface area contributed by atoms with Crippen LogP contribution in [0.5, 0.6) is 0 Å². The van der Waals surface area contributed by atoms with Crippen molar-refractivity contribution in [3.63, 3.8) is 0 Å². The monoisotopic (exact) mass is 296 g/mol. The van der Waals surface area contributed by atoms with Crippen LogP contribution in [0.4, 0.5) is 4.39 Å². The summed E-state index contributed by atoms with van der Waals surface area (Å²) < 4.78 is 30.2. The molecule has 0 aliphatic rings. The molecule has 0 amide bonds. The molecule has 0 aliphatic carbocycles. The molecule has 0 saturated carbocycles. The molecule has 0 aliphatic heterocycles. The predicted molar refractivity (Wildman–Crippen MR) is 82.3 cm³/mol. The lowest BCUT2D eigenvalue weighted by Crippen LogP contribution is -2.35. The van der Waals surface area contributed by atoms with Crippen molar-refractivity contribution in [1.29, 1.82) is 0 Å². The van der Waals surface area contributed by atoms with Crippen molar-refractivity contribution in [1.82, 2.24) is 9.29 Å². The van der Waals surface area contributed by atoms with Crippen molar-refractivity contribution in [2.75, 3.05) is 0 Å². The Morgan fingerprint density at radius 1 is 1.30 bits per heavy atom. The van der Waals surface area contributed by atoms with Gasteiger partial charge in [0.05, 0.1) is 21.8 Å². The van der Waals surface area contributed by atoms with Crippen molar-refractivity contribution in [2.24, 2.45) is 7.05 Å². The van der Waals surface area contributed by atoms with E-state index in [4.69, 9.17) is 0 Å². The Hall–Kier alpha value is -1.20. The van der Waals surface area contributed by atoms with Crippen molar-refractivity contribution in [2.45, 2.75) is 38.5 Å². The van der Waals surface area contributed by atoms with Crippen LogP contribution in [0.2, 0.25) is 0 Å². The molecule has 0 radical (unpaired) electrons. The number of rotatable bonds is 3. The zero-order valence-electron chi connectivity index (χ0n) is 12.5. The quantitative estimate of drug-likeness (QED) is 0.925. The number of nitrogens with zero attached hydrogens (tertiary/aromatic N) is 1. The van der Waals surface area contributed by atoms with Gasteiger partial charge in [-0.1, -0.05) is 0 Å². The Morgan fingerprint density at radius 2 is 1.95 bits per heavy atom. The SMILES string of the molecule is CC(NS(=O)C(C)(C)C)c1cc2cc(F)ccc2n1C. The summed E-state index contributed by atoms with van der Waals surface area (Å²) in [4.78, 5) is 0. The first-order chi connectivity index (χ1) is 9.20. The third-order valence-electron chi connectivity index (χ3n) is 3.33. The number of aromatic nitrogens is 1. The van der Waals surface area contributed by atoms with Crippen LogP contribution in [0.15, 0.2) is 24.3 Å². The molecule has 2 atom stereocenters. The van der Waals surface area contributed by atoms with Gasteiger partial charge in [-0.2, -0.15) is 0 Å². The van der Waals surface area contributed by atoms with E-state index in [9.17, 15) is 8.60 Å². The summed E-state index contributed by atoms with van der Waals surface area (Å²) in [5.41, 5.74) is 1.96. The maximum absolute atomic E-state index is 13.3. The average Bonchev–Trinajstić information content (AvgIpc) is 2.65. The number of aryl methyl sites for hydroxylation is 1. The fraction of sp³-hybridized carbons (Fsp3) is 0.467. The van der Waals surface area contributed by atoms with E-state index in [0.29, 0.717) is 0 Å². The minimum absolute atomic E-state index is 0.0736. The number of halogens is 1. The normalized spacial score (nSPS) is 15.5. The van der Waals surface area contributed by atoms with Crippen LogP contribution in [-0.2, 0) is 18.0 Å². The maximum Gasteiger partial charge on any atom is 0.123 e. The molecular formula is C15H21FN2OS. The Labute approximate surface area is 121 Å². The minimum atomic E-state index is -1.14. The van der Waals surface area contributed by atoms with Crippen LogP contribution < -0.4 is 4.72 Å². The van der Waals surface area contributed by atoms with Gasteiger partial charge in [0.2, 0.25) is 0 Å². The molecule has 3 nitrogen and oxygen atoms in total. The molecule has 2 rings (SSSR count). The molecular weight excluding hydrogens is 275 g/mol. The van der Waals surface area contributed by atoms with Gasteiger partial charge in [-0.05, 0) is 52.0 Å². The zero-order valence-corrected chi connectivity index (χ0v) is 13.3. The molecule has 5 heteroatoms. The maximum atomic E-state index is 13.3. The molecule has 2 unspecified atom stereocenters. The van der Waals surface area contributed by atoms with E-state index in [-0.39, 0.29) is 16.6 Å². The van der Waals surface area contributed by atoms with Gasteiger partial charge in [0.1, 0.15) is 5.82 Å². The Kier molecular flexibility index (Phi) is 4.02. The van der Waals surface area contributed by atoms with Crippen LogP contribution in [-0.4, -0.2) is 13.5 Å². The average molecular weight is 296 g/mol. The molecule has 20 heavy (non-hydrogen) atoms. The number of hydrogen-bond acceptors (Lipinski definition) is 1. The van der Waals surface area contributed by atoms with E-state index in [2.05, 4.69) is 4.72 Å². The van der Waals surface area contributed by atoms with Gasteiger partial charge < -0.3 is 4.57 Å². The largest absolute Gasteiger partial charge is 0.346 e. The minimum Gasteiger partial charge on any atom is -0.346 e. The summed E-state index contributed by atoms with van der Waals surface area (Å²) in [5.74, 6) is -0.242. The lowest BCUT2D eigenvalue weighted by atomic mass is 10.2. The molecule has 0 fully saturated rings. The van der Waals surface area contributed by atoms with E-state index in [1.807, 2.05) is 45.4 Å². The topological polar surface area (TPSA) is 34.0 Å². The molecule has 1 aromatic carbocycles. The Morgan fingerprint density at radius 3 is 2.55 bits per heavy atom. The van der Waals surface area contributed by atoms with E-state index in [0.717, 1.165) is 16.6 Å². The number of nitrogens with one attached hydrogen (secondary N) is 1. The van der Waals surface area contributed by atoms with Gasteiger partial charge in [0.15, 0.2) is 0 Å². The second-order valence-electron chi connectivity index (χ2n) is 6.05. The summed E-state index contributed by atoms with van der Waals surface area (Å²) in [6, 6.07) is 6.61. The van der Waals surface area contributed by atoms with Gasteiger partial charge in [-0.25, -0.2) is 13.3 Å². The van der Waals surface area contributed by atoms with Crippen LogP contribution in [0.25, 0.3) is 10.9 Å². The summed E-state index contributed by atoms with van der Waals surface area (Å²) in [5, 5.41) is 0.859. The summed E-state index contributed by atoms with van der Waals surface area (Å²) in [6.07, 6.45) is 0. The van der Waals surface area contributed by atoms with Gasteiger partial charge in [0, 0.05) is 23.6 Å². The third kappa shape index (κ3) is 2.94. The van der Waals surface area contributed by atoms with Gasteiger partial charge in [-0.3, -0.25) is 0 Å². The van der Waals surface area contributed by atoms with Crippen LogP contribution >= 0.6 is 0 Å². The van der Waals surface area contributed by atoms with Crippen molar-refractivity contribution in [3.05, 3.63) is 35.8 Å². The lowest BCUT2D eigenvalue weighted by molar-refractivity contribution is 0.604. The summed E-state index contributed by atoms with van der Waals surface area (Å²) in [6.45, 7) is 7.76. The second-order valence-corrected chi connectivity index (χ2v) is 8.05. The first kappa shape index (κ1) is 15.2. The Balaban J connectivity index is 2.33. The van der Waals surface area contributed by atoms with E-state index < -0.39 is 11.0 Å². The predicted octanol–water partition coefficient (Wildman–Crippen LogP) is 3.43. The van der Waals surface area contributed by atoms with Crippen molar-refractivity contribution >= 4 is 21.9 Å². The molecule has 0 spiro atoms. The molecule has 110 valence electrons. The van der Waals surface area contributed by atoms with Gasteiger partial charge in [0.25, 0.3) is 0 Å². The van der Waals surface area contributed by atoms with Crippen LogP contribution in [0, 0.1) is 5.82 Å². The highest BCUT2D eigenvalue weighted by Crippen LogP contribution is 2.25. The molecule has 0 saturated heterocycles. The number of benzene rings is 1. The lowest BCUT2D eigenvalue weighted by Gasteiger charge is -2.22. The first-order valence-electron chi connectivity index (χ1n) is 6.63. The standard InChI is InChI=1S/C15H21FN2OS/c1-10(17-20(19)15(2,3)4)14-9-11-8-12(16)6-7-13(11)18(14)5/h6-10,17H,1-5H3. The van der Waals surface area contributed by atoms with E-state index in [1.165, 1.54) is 12.1 Å². The molecule has 1 aromatic heterocycles. The number of fused-ring (bicyclic) bond motifs is 1. The zero-order chi connectivity index (χ0) is 15.1. The summed E-state index contributed by atoms with van der Waals surface area (Å²) in [7, 11) is 0.799. The summed E-state index contributed by atoms with van der Waals surface area (Å²) >= 11 is 0. The fourth-order valence-corrected chi connectivity index (χ4v) is 2.95. The van der Waals surface area contributed by atoms with Crippen molar-refractivity contribution < 1.29 is 8.60 Å². The smallest absolute Gasteiger partial charge is 0.123 e. The highest BCUT2D eigenvalue weighted by Gasteiger charge is 2.23. The third-order valence-corrected chi connectivity index (χ3v) is 5.01. The molecule has 1 N–H and O–H groups in total. The van der Waals surface area contributed by atoms with E-state index in [1.54, 1.807) is 6.07 Å². The first-order valence-corrected chi connectivity index (χ1v) is 7.78.